The number of fused-ring (bicyclic) bond motifs is 1. The molecule has 1 aromatic carbocycles. The van der Waals surface area contributed by atoms with Crippen molar-refractivity contribution in [3.8, 4) is 0 Å². The number of aliphatic hydroxyl groups excluding tert-OH is 1. The van der Waals surface area contributed by atoms with Crippen LogP contribution in [0.15, 0.2) is 30.3 Å². The molecule has 0 aliphatic rings. The summed E-state index contributed by atoms with van der Waals surface area (Å²) in [6.07, 6.45) is 0.729. The third kappa shape index (κ3) is 2.65. The first-order valence-electron chi connectivity index (χ1n) is 5.65. The van der Waals surface area contributed by atoms with E-state index >= 15 is 0 Å². The van der Waals surface area contributed by atoms with Crippen LogP contribution < -0.4 is 5.32 Å². The molecule has 1 amide bonds. The summed E-state index contributed by atoms with van der Waals surface area (Å²) in [4.78, 5) is 12.6. The van der Waals surface area contributed by atoms with Crippen LogP contribution in [0, 0.1) is 0 Å². The van der Waals surface area contributed by atoms with Crippen molar-refractivity contribution in [2.45, 2.75) is 19.4 Å². The molecule has 17 heavy (non-hydrogen) atoms. The van der Waals surface area contributed by atoms with Gasteiger partial charge in [-0.3, -0.25) is 4.79 Å². The van der Waals surface area contributed by atoms with Crippen LogP contribution in [0.1, 0.15) is 23.0 Å². The van der Waals surface area contributed by atoms with E-state index in [2.05, 4.69) is 5.32 Å². The predicted octanol–water partition coefficient (Wildman–Crippen LogP) is 2.40. The minimum atomic E-state index is -0.160. The SMILES string of the molecule is CC[C@H](CO)NC(=O)c1cc2ccccc2s1. The zero-order valence-electron chi connectivity index (χ0n) is 9.64. The summed E-state index contributed by atoms with van der Waals surface area (Å²) in [6, 6.07) is 9.64. The van der Waals surface area contributed by atoms with Crippen molar-refractivity contribution < 1.29 is 9.90 Å². The lowest BCUT2D eigenvalue weighted by Gasteiger charge is -2.12. The zero-order chi connectivity index (χ0) is 12.3. The summed E-state index contributed by atoms with van der Waals surface area (Å²) in [7, 11) is 0. The number of rotatable bonds is 4. The van der Waals surface area contributed by atoms with Gasteiger partial charge in [-0.25, -0.2) is 0 Å². The lowest BCUT2D eigenvalue weighted by Crippen LogP contribution is -2.36. The molecule has 1 atom stereocenters. The van der Waals surface area contributed by atoms with Crippen molar-refractivity contribution >= 4 is 27.3 Å². The highest BCUT2D eigenvalue weighted by molar-refractivity contribution is 7.20. The Balaban J connectivity index is 2.19. The molecule has 1 heterocycles. The number of carbonyl (C=O) groups excluding carboxylic acids is 1. The van der Waals surface area contributed by atoms with E-state index in [1.165, 1.54) is 11.3 Å². The van der Waals surface area contributed by atoms with Gasteiger partial charge in [-0.05, 0) is 23.9 Å². The quantitative estimate of drug-likeness (QED) is 0.874. The third-order valence-electron chi connectivity index (χ3n) is 2.70. The maximum atomic E-state index is 11.9. The predicted molar refractivity (Wildman–Crippen MR) is 70.5 cm³/mol. The van der Waals surface area contributed by atoms with Crippen LogP contribution in [0.2, 0.25) is 0 Å². The summed E-state index contributed by atoms with van der Waals surface area (Å²) < 4.78 is 1.11. The van der Waals surface area contributed by atoms with Gasteiger partial charge >= 0.3 is 0 Å². The molecule has 0 saturated carbocycles. The second-order valence-electron chi connectivity index (χ2n) is 3.91. The van der Waals surface area contributed by atoms with Crippen LogP contribution in [-0.2, 0) is 0 Å². The van der Waals surface area contributed by atoms with Crippen molar-refractivity contribution in [1.82, 2.24) is 5.32 Å². The van der Waals surface area contributed by atoms with Gasteiger partial charge in [0.15, 0.2) is 0 Å². The first kappa shape index (κ1) is 12.1. The number of nitrogens with one attached hydrogen (secondary N) is 1. The van der Waals surface area contributed by atoms with E-state index in [4.69, 9.17) is 5.11 Å². The average molecular weight is 249 g/mol. The summed E-state index contributed by atoms with van der Waals surface area (Å²) in [5, 5.41) is 12.9. The van der Waals surface area contributed by atoms with E-state index in [9.17, 15) is 4.79 Å². The number of thiophene rings is 1. The van der Waals surface area contributed by atoms with E-state index in [1.807, 2.05) is 37.3 Å². The molecule has 0 bridgehead atoms. The van der Waals surface area contributed by atoms with E-state index in [1.54, 1.807) is 0 Å². The Morgan fingerprint density at radius 2 is 2.24 bits per heavy atom. The maximum absolute atomic E-state index is 11.9. The van der Waals surface area contributed by atoms with Crippen LogP contribution in [0.4, 0.5) is 0 Å². The van der Waals surface area contributed by atoms with Crippen molar-refractivity contribution in [2.75, 3.05) is 6.61 Å². The Kier molecular flexibility index (Phi) is 3.76. The van der Waals surface area contributed by atoms with Crippen LogP contribution >= 0.6 is 11.3 Å². The molecule has 0 unspecified atom stereocenters. The van der Waals surface area contributed by atoms with Crippen LogP contribution in [0.5, 0.6) is 0 Å². The highest BCUT2D eigenvalue weighted by Gasteiger charge is 2.13. The summed E-state index contributed by atoms with van der Waals surface area (Å²) in [6.45, 7) is 1.92. The molecule has 2 rings (SSSR count). The number of amides is 1. The topological polar surface area (TPSA) is 49.3 Å². The maximum Gasteiger partial charge on any atom is 0.261 e. The summed E-state index contributed by atoms with van der Waals surface area (Å²) in [5.41, 5.74) is 0. The first-order valence-corrected chi connectivity index (χ1v) is 6.46. The Bertz CT molecular complexity index is 484. The number of aliphatic hydroxyl groups is 1. The number of carbonyl (C=O) groups is 1. The smallest absolute Gasteiger partial charge is 0.261 e. The minimum Gasteiger partial charge on any atom is -0.394 e. The first-order chi connectivity index (χ1) is 8.24. The van der Waals surface area contributed by atoms with Gasteiger partial charge in [-0.2, -0.15) is 0 Å². The number of benzene rings is 1. The fourth-order valence-corrected chi connectivity index (χ4v) is 2.59. The summed E-state index contributed by atoms with van der Waals surface area (Å²) >= 11 is 1.47. The van der Waals surface area contributed by atoms with Gasteiger partial charge in [0.1, 0.15) is 0 Å². The standard InChI is InChI=1S/C13H15NO2S/c1-2-10(8-15)14-13(16)12-7-9-5-3-4-6-11(9)17-12/h3-7,10,15H,2,8H2,1H3,(H,14,16)/t10-/m1/s1. The lowest BCUT2D eigenvalue weighted by atomic mass is 10.2. The molecule has 0 aliphatic heterocycles. The average Bonchev–Trinajstić information content (AvgIpc) is 2.79. The van der Waals surface area contributed by atoms with Gasteiger partial charge in [0.25, 0.3) is 5.91 Å². The zero-order valence-corrected chi connectivity index (χ0v) is 10.5. The van der Waals surface area contributed by atoms with Gasteiger partial charge in [0.2, 0.25) is 0 Å². The minimum absolute atomic E-state index is 0.0207. The summed E-state index contributed by atoms with van der Waals surface area (Å²) in [5.74, 6) is -0.105. The fraction of sp³-hybridized carbons (Fsp3) is 0.308. The van der Waals surface area contributed by atoms with Crippen molar-refractivity contribution in [1.29, 1.82) is 0 Å². The second kappa shape index (κ2) is 5.29. The van der Waals surface area contributed by atoms with Gasteiger partial charge < -0.3 is 10.4 Å². The van der Waals surface area contributed by atoms with E-state index < -0.39 is 0 Å². The monoisotopic (exact) mass is 249 g/mol. The highest BCUT2D eigenvalue weighted by Crippen LogP contribution is 2.25. The molecule has 90 valence electrons. The molecule has 2 N–H and O–H groups in total. The third-order valence-corrected chi connectivity index (χ3v) is 3.81. The molecule has 0 fully saturated rings. The van der Waals surface area contributed by atoms with Gasteiger partial charge in [0.05, 0.1) is 17.5 Å². The van der Waals surface area contributed by atoms with Gasteiger partial charge in [0, 0.05) is 4.70 Å². The van der Waals surface area contributed by atoms with Crippen LogP contribution in [0.25, 0.3) is 10.1 Å². The molecule has 4 heteroatoms. The highest BCUT2D eigenvalue weighted by atomic mass is 32.1. The van der Waals surface area contributed by atoms with Crippen molar-refractivity contribution in [3.63, 3.8) is 0 Å². The molecular weight excluding hydrogens is 234 g/mol. The normalized spacial score (nSPS) is 12.6. The van der Waals surface area contributed by atoms with E-state index in [-0.39, 0.29) is 18.6 Å². The molecule has 0 saturated heterocycles. The lowest BCUT2D eigenvalue weighted by molar-refractivity contribution is 0.0919. The molecule has 2 aromatic rings. The van der Waals surface area contributed by atoms with E-state index in [0.29, 0.717) is 4.88 Å². The van der Waals surface area contributed by atoms with E-state index in [0.717, 1.165) is 16.5 Å². The Morgan fingerprint density at radius 3 is 2.88 bits per heavy atom. The van der Waals surface area contributed by atoms with Gasteiger partial charge in [-0.1, -0.05) is 25.1 Å². The van der Waals surface area contributed by atoms with Crippen molar-refractivity contribution in [2.24, 2.45) is 0 Å². The number of hydrogen-bond acceptors (Lipinski definition) is 3. The molecule has 0 radical (unpaired) electrons. The molecule has 0 aliphatic carbocycles. The molecule has 3 nitrogen and oxygen atoms in total. The van der Waals surface area contributed by atoms with Gasteiger partial charge in [-0.15, -0.1) is 11.3 Å². The van der Waals surface area contributed by atoms with Crippen molar-refractivity contribution in [3.05, 3.63) is 35.2 Å². The van der Waals surface area contributed by atoms with Crippen LogP contribution in [0.3, 0.4) is 0 Å². The Morgan fingerprint density at radius 1 is 1.47 bits per heavy atom. The molecule has 1 aromatic heterocycles. The van der Waals surface area contributed by atoms with Crippen LogP contribution in [-0.4, -0.2) is 23.7 Å². The fourth-order valence-electron chi connectivity index (χ4n) is 1.63. The molecule has 0 spiro atoms. The Hall–Kier alpha value is -1.39. The largest absolute Gasteiger partial charge is 0.394 e. The Labute approximate surface area is 104 Å². The second-order valence-corrected chi connectivity index (χ2v) is 4.99. The molecular formula is C13H15NO2S. The number of hydrogen-bond donors (Lipinski definition) is 2.